The average molecular weight is 312 g/mol. The lowest BCUT2D eigenvalue weighted by Crippen LogP contribution is -2.24. The summed E-state index contributed by atoms with van der Waals surface area (Å²) in [5, 5.41) is 3.91. The molecule has 2 aromatic carbocycles. The summed E-state index contributed by atoms with van der Waals surface area (Å²) in [6.45, 7) is 3.88. The van der Waals surface area contributed by atoms with Crippen LogP contribution in [0.1, 0.15) is 16.7 Å². The number of aryl methyl sites for hydroxylation is 2. The molecule has 5 heteroatoms. The second kappa shape index (κ2) is 7.98. The van der Waals surface area contributed by atoms with E-state index < -0.39 is 0 Å². The van der Waals surface area contributed by atoms with Crippen molar-refractivity contribution < 1.29 is 14.3 Å². The van der Waals surface area contributed by atoms with Gasteiger partial charge < -0.3 is 9.47 Å². The molecule has 5 nitrogen and oxygen atoms in total. The third-order valence-electron chi connectivity index (χ3n) is 3.10. The Bertz CT molecular complexity index is 691. The van der Waals surface area contributed by atoms with Gasteiger partial charge in [-0.1, -0.05) is 18.2 Å². The molecule has 0 radical (unpaired) electrons. The Balaban J connectivity index is 1.86. The zero-order valence-electron chi connectivity index (χ0n) is 13.5. The third kappa shape index (κ3) is 5.14. The highest BCUT2D eigenvalue weighted by molar-refractivity contribution is 5.85. The minimum Gasteiger partial charge on any atom is -0.496 e. The summed E-state index contributed by atoms with van der Waals surface area (Å²) in [4.78, 5) is 11.7. The molecular weight excluding hydrogens is 292 g/mol. The number of nitrogens with zero attached hydrogens (tertiary/aromatic N) is 1. The molecule has 0 aliphatic carbocycles. The van der Waals surface area contributed by atoms with Gasteiger partial charge in [0.2, 0.25) is 0 Å². The van der Waals surface area contributed by atoms with Crippen LogP contribution in [0.3, 0.4) is 0 Å². The van der Waals surface area contributed by atoms with Gasteiger partial charge in [0.1, 0.15) is 11.5 Å². The minimum atomic E-state index is -0.324. The average Bonchev–Trinajstić information content (AvgIpc) is 2.52. The number of carbonyl (C=O) groups is 1. The highest BCUT2D eigenvalue weighted by Gasteiger charge is 2.03. The molecule has 0 heterocycles. The summed E-state index contributed by atoms with van der Waals surface area (Å²) in [6, 6.07) is 13.2. The van der Waals surface area contributed by atoms with Gasteiger partial charge in [-0.15, -0.1) is 0 Å². The van der Waals surface area contributed by atoms with Crippen LogP contribution in [0.5, 0.6) is 11.5 Å². The van der Waals surface area contributed by atoms with E-state index in [4.69, 9.17) is 9.47 Å². The summed E-state index contributed by atoms with van der Waals surface area (Å²) >= 11 is 0. The van der Waals surface area contributed by atoms with Crippen LogP contribution in [0.2, 0.25) is 0 Å². The van der Waals surface area contributed by atoms with Crippen LogP contribution < -0.4 is 14.9 Å². The molecule has 1 N–H and O–H groups in total. The van der Waals surface area contributed by atoms with Gasteiger partial charge in [-0.25, -0.2) is 5.43 Å². The van der Waals surface area contributed by atoms with Crippen LogP contribution in [0.15, 0.2) is 47.6 Å². The molecule has 2 rings (SSSR count). The first-order chi connectivity index (χ1) is 11.1. The zero-order valence-corrected chi connectivity index (χ0v) is 13.5. The SMILES string of the molecule is COc1ccccc1/C=N\NC(=O)COc1cc(C)cc(C)c1. The number of para-hydroxylation sites is 1. The van der Waals surface area contributed by atoms with Gasteiger partial charge in [0, 0.05) is 5.56 Å². The number of nitrogens with one attached hydrogen (secondary N) is 1. The maximum absolute atomic E-state index is 11.7. The molecule has 0 aliphatic rings. The standard InChI is InChI=1S/C18H20N2O3/c1-13-8-14(2)10-16(9-13)23-12-18(21)20-19-11-15-6-4-5-7-17(15)22-3/h4-11H,12H2,1-3H3,(H,20,21)/b19-11-. The van der Waals surface area contributed by atoms with E-state index in [0.717, 1.165) is 16.7 Å². The normalized spacial score (nSPS) is 10.6. The van der Waals surface area contributed by atoms with E-state index in [9.17, 15) is 4.79 Å². The summed E-state index contributed by atoms with van der Waals surface area (Å²) in [6.07, 6.45) is 1.54. The monoisotopic (exact) mass is 312 g/mol. The van der Waals surface area contributed by atoms with E-state index in [1.54, 1.807) is 7.11 Å². The van der Waals surface area contributed by atoms with E-state index in [-0.39, 0.29) is 12.5 Å². The highest BCUT2D eigenvalue weighted by atomic mass is 16.5. The van der Waals surface area contributed by atoms with E-state index in [2.05, 4.69) is 10.5 Å². The number of amides is 1. The lowest BCUT2D eigenvalue weighted by Gasteiger charge is -2.07. The largest absolute Gasteiger partial charge is 0.496 e. The second-order valence-corrected chi connectivity index (χ2v) is 5.15. The van der Waals surface area contributed by atoms with Crippen molar-refractivity contribution >= 4 is 12.1 Å². The van der Waals surface area contributed by atoms with E-state index in [1.807, 2.05) is 56.3 Å². The Kier molecular flexibility index (Phi) is 5.74. The number of ether oxygens (including phenoxy) is 2. The number of benzene rings is 2. The van der Waals surface area contributed by atoms with Gasteiger partial charge in [-0.05, 0) is 49.2 Å². The Labute approximate surface area is 135 Å². The van der Waals surface area contributed by atoms with Crippen LogP contribution in [0.25, 0.3) is 0 Å². The number of rotatable bonds is 6. The second-order valence-electron chi connectivity index (χ2n) is 5.15. The van der Waals surface area contributed by atoms with E-state index in [1.165, 1.54) is 6.21 Å². The summed E-state index contributed by atoms with van der Waals surface area (Å²) in [5.74, 6) is 1.04. The number of hydrogen-bond donors (Lipinski definition) is 1. The fourth-order valence-corrected chi connectivity index (χ4v) is 2.14. The number of hydrogen-bond acceptors (Lipinski definition) is 4. The predicted octanol–water partition coefficient (Wildman–Crippen LogP) is 2.84. The molecule has 0 aromatic heterocycles. The zero-order chi connectivity index (χ0) is 16.7. The molecule has 120 valence electrons. The molecule has 0 saturated carbocycles. The number of carbonyl (C=O) groups excluding carboxylic acids is 1. The van der Waals surface area contributed by atoms with Crippen molar-refractivity contribution in [3.63, 3.8) is 0 Å². The van der Waals surface area contributed by atoms with Crippen molar-refractivity contribution in [2.75, 3.05) is 13.7 Å². The van der Waals surface area contributed by atoms with Gasteiger partial charge in [0.25, 0.3) is 5.91 Å². The van der Waals surface area contributed by atoms with Crippen LogP contribution in [-0.4, -0.2) is 25.8 Å². The molecule has 2 aromatic rings. The molecule has 0 unspecified atom stereocenters. The quantitative estimate of drug-likeness (QED) is 0.659. The maximum atomic E-state index is 11.7. The van der Waals surface area contributed by atoms with Crippen LogP contribution in [0.4, 0.5) is 0 Å². The van der Waals surface area contributed by atoms with Gasteiger partial charge in [-0.3, -0.25) is 4.79 Å². The van der Waals surface area contributed by atoms with Crippen molar-refractivity contribution in [3.8, 4) is 11.5 Å². The van der Waals surface area contributed by atoms with Crippen molar-refractivity contribution in [2.45, 2.75) is 13.8 Å². The van der Waals surface area contributed by atoms with Gasteiger partial charge in [-0.2, -0.15) is 5.10 Å². The summed E-state index contributed by atoms with van der Waals surface area (Å²) < 4.78 is 10.7. The fraction of sp³-hybridized carbons (Fsp3) is 0.222. The predicted molar refractivity (Wildman–Crippen MR) is 90.1 cm³/mol. The lowest BCUT2D eigenvalue weighted by molar-refractivity contribution is -0.123. The summed E-state index contributed by atoms with van der Waals surface area (Å²) in [7, 11) is 1.59. The maximum Gasteiger partial charge on any atom is 0.277 e. The van der Waals surface area contributed by atoms with Gasteiger partial charge >= 0.3 is 0 Å². The van der Waals surface area contributed by atoms with Crippen molar-refractivity contribution in [2.24, 2.45) is 5.10 Å². The Morgan fingerprint density at radius 2 is 1.87 bits per heavy atom. The summed E-state index contributed by atoms with van der Waals surface area (Å²) in [5.41, 5.74) is 5.40. The van der Waals surface area contributed by atoms with Crippen molar-refractivity contribution in [1.82, 2.24) is 5.43 Å². The molecule has 0 atom stereocenters. The molecule has 0 fully saturated rings. The molecule has 23 heavy (non-hydrogen) atoms. The highest BCUT2D eigenvalue weighted by Crippen LogP contribution is 2.16. The number of hydrazone groups is 1. The van der Waals surface area contributed by atoms with Crippen LogP contribution >= 0.6 is 0 Å². The molecule has 0 bridgehead atoms. The molecular formula is C18H20N2O3. The lowest BCUT2D eigenvalue weighted by atomic mass is 10.1. The number of methoxy groups -OCH3 is 1. The van der Waals surface area contributed by atoms with Gasteiger partial charge in [0.15, 0.2) is 6.61 Å². The molecule has 1 amide bonds. The van der Waals surface area contributed by atoms with E-state index >= 15 is 0 Å². The van der Waals surface area contributed by atoms with E-state index in [0.29, 0.717) is 11.5 Å². The van der Waals surface area contributed by atoms with Crippen LogP contribution in [0, 0.1) is 13.8 Å². The molecule has 0 spiro atoms. The smallest absolute Gasteiger partial charge is 0.277 e. The van der Waals surface area contributed by atoms with Gasteiger partial charge in [0.05, 0.1) is 13.3 Å². The molecule has 0 saturated heterocycles. The third-order valence-corrected chi connectivity index (χ3v) is 3.10. The van der Waals surface area contributed by atoms with Crippen molar-refractivity contribution in [3.05, 3.63) is 59.2 Å². The first kappa shape index (κ1) is 16.5. The molecule has 0 aliphatic heterocycles. The Morgan fingerprint density at radius 3 is 2.57 bits per heavy atom. The Morgan fingerprint density at radius 1 is 1.17 bits per heavy atom. The van der Waals surface area contributed by atoms with Crippen LogP contribution in [-0.2, 0) is 4.79 Å². The fourth-order valence-electron chi connectivity index (χ4n) is 2.14. The Hall–Kier alpha value is -2.82. The first-order valence-corrected chi connectivity index (χ1v) is 7.24. The van der Waals surface area contributed by atoms with Crippen molar-refractivity contribution in [1.29, 1.82) is 0 Å². The minimum absolute atomic E-state index is 0.0911. The first-order valence-electron chi connectivity index (χ1n) is 7.24. The topological polar surface area (TPSA) is 59.9 Å².